The maximum Gasteiger partial charge on any atom is 0.503 e. The van der Waals surface area contributed by atoms with Crippen LogP contribution in [0.15, 0.2) is 0 Å². The van der Waals surface area contributed by atoms with Gasteiger partial charge in [0.2, 0.25) is 0 Å². The van der Waals surface area contributed by atoms with E-state index in [0.29, 0.717) is 0 Å². The summed E-state index contributed by atoms with van der Waals surface area (Å²) in [6, 6.07) is 0. The molecule has 0 spiro atoms. The van der Waals surface area contributed by atoms with Crippen LogP contribution in [-0.4, -0.2) is 27.6 Å². The van der Waals surface area contributed by atoms with Crippen molar-refractivity contribution in [2.75, 3.05) is 0 Å². The van der Waals surface area contributed by atoms with E-state index in [2.05, 4.69) is 29.1 Å². The minimum Gasteiger partial charge on any atom is -0.465 e. The fourth-order valence-electron chi connectivity index (χ4n) is 0. The van der Waals surface area contributed by atoms with Crippen LogP contribution in [-0.2, 0) is 0 Å². The molecule has 13 N–H and O–H groups in total. The Hall–Kier alpha value is -1.62. The number of carbonyl (C=O) groups is 2. The highest BCUT2D eigenvalue weighted by Gasteiger charge is 1.70. The Bertz CT molecular complexity index is 75.8. The van der Waals surface area contributed by atoms with Crippen molar-refractivity contribution in [1.29, 1.82) is 0 Å². The monoisotopic (exact) mass is 187 g/mol. The molecule has 0 aromatic carbocycles. The lowest BCUT2D eigenvalue weighted by Gasteiger charge is -1.61. The molecule has 0 bridgehead atoms. The summed E-state index contributed by atoms with van der Waals surface area (Å²) in [5.41, 5.74) is 4.03. The maximum atomic E-state index is 8.78. The number of rotatable bonds is 0. The summed E-state index contributed by atoms with van der Waals surface area (Å²) in [4.78, 5) is 17.3. The zero-order valence-electron chi connectivity index (χ0n) is 6.04. The summed E-state index contributed by atoms with van der Waals surface area (Å²) in [6.07, 6.45) is -3.17. The van der Waals surface area contributed by atoms with Crippen molar-refractivity contribution in [3.05, 3.63) is 0 Å². The number of hydrogen-bond acceptors (Lipinski definition) is 6. The van der Waals surface area contributed by atoms with E-state index >= 15 is 0 Å². The van der Waals surface area contributed by atoms with Crippen LogP contribution in [0.5, 0.6) is 0 Å². The van der Waals surface area contributed by atoms with Gasteiger partial charge in [-0.3, -0.25) is 23.4 Å². The second-order valence-electron chi connectivity index (χ2n) is 0.621. The Morgan fingerprint density at radius 1 is 0.833 bits per heavy atom. The molecule has 76 valence electrons. The molecule has 12 heavy (non-hydrogen) atoms. The van der Waals surface area contributed by atoms with Gasteiger partial charge >= 0.3 is 12.2 Å². The minimum absolute atomic E-state index is 1.33. The van der Waals surface area contributed by atoms with E-state index in [0.717, 1.165) is 0 Å². The minimum atomic E-state index is -1.83. The van der Waals surface area contributed by atoms with Gasteiger partial charge in [0.05, 0.1) is 0 Å². The number of amides is 1. The largest absolute Gasteiger partial charge is 0.503 e. The van der Waals surface area contributed by atoms with Crippen molar-refractivity contribution in [1.82, 2.24) is 0 Å². The summed E-state index contributed by atoms with van der Waals surface area (Å²) in [7, 11) is 0. The molecule has 0 saturated carbocycles. The number of primary amides is 1. The van der Waals surface area contributed by atoms with Crippen LogP contribution in [0.2, 0.25) is 0 Å². The molecule has 0 radical (unpaired) electrons. The Labute approximate surface area is 67.5 Å². The van der Waals surface area contributed by atoms with Crippen LogP contribution < -0.4 is 29.1 Å². The zero-order chi connectivity index (χ0) is 11.2. The maximum absolute atomic E-state index is 8.78. The quantitative estimate of drug-likeness (QED) is 0.147. The van der Waals surface area contributed by atoms with Gasteiger partial charge in [-0.05, 0) is 0 Å². The van der Waals surface area contributed by atoms with Crippen LogP contribution in [0.1, 0.15) is 0 Å². The second-order valence-corrected chi connectivity index (χ2v) is 0.621. The highest BCUT2D eigenvalue weighted by molar-refractivity contribution is 5.61. The van der Waals surface area contributed by atoms with E-state index in [-0.39, 0.29) is 0 Å². The Kier molecular flexibility index (Phi) is 64.2. The average Bonchev–Trinajstić information content (AvgIpc) is 1.93. The van der Waals surface area contributed by atoms with E-state index in [9.17, 15) is 0 Å². The van der Waals surface area contributed by atoms with E-state index < -0.39 is 12.2 Å². The first kappa shape index (κ1) is 22.4. The van der Waals surface area contributed by atoms with Gasteiger partial charge in [0.15, 0.2) is 0 Å². The average molecular weight is 187 g/mol. The second kappa shape index (κ2) is 34.3. The lowest BCUT2D eigenvalue weighted by Crippen LogP contribution is -2.03. The topological polar surface area (TPSA) is 225 Å². The first-order valence-electron chi connectivity index (χ1n) is 2.03. The molecule has 10 heteroatoms. The zero-order valence-corrected chi connectivity index (χ0v) is 6.04. The summed E-state index contributed by atoms with van der Waals surface area (Å²) < 4.78 is 0. The number of carboxylic acid groups (broad SMARTS) is 3. The van der Waals surface area contributed by atoms with E-state index in [1.54, 1.807) is 0 Å². The SMILES string of the molecule is NC(=O)O.NN.NN.O=C(O)O. The third kappa shape index (κ3) is 174. The molecule has 0 aliphatic heterocycles. The van der Waals surface area contributed by atoms with Crippen molar-refractivity contribution in [3.63, 3.8) is 0 Å². The van der Waals surface area contributed by atoms with Crippen molar-refractivity contribution < 1.29 is 24.9 Å². The van der Waals surface area contributed by atoms with Gasteiger partial charge in [-0.25, -0.2) is 9.59 Å². The van der Waals surface area contributed by atoms with E-state index in [1.165, 1.54) is 0 Å². The summed E-state index contributed by atoms with van der Waals surface area (Å²) >= 11 is 0. The Morgan fingerprint density at radius 3 is 0.833 bits per heavy atom. The standard InChI is InChI=1S/CH3NO2.CH2O3.2H4N2/c2*2-1(3)4;2*1-2/h2H2,(H,3,4);(H2,2,3,4);2*1-2H2. The summed E-state index contributed by atoms with van der Waals surface area (Å²) in [5, 5.41) is 21.1. The van der Waals surface area contributed by atoms with Crippen LogP contribution in [0.3, 0.4) is 0 Å². The highest BCUT2D eigenvalue weighted by atomic mass is 16.6. The van der Waals surface area contributed by atoms with Crippen LogP contribution in [0, 0.1) is 0 Å². The first-order valence-corrected chi connectivity index (χ1v) is 2.03. The van der Waals surface area contributed by atoms with Gasteiger partial charge in [0.25, 0.3) is 0 Å². The smallest absolute Gasteiger partial charge is 0.465 e. The van der Waals surface area contributed by atoms with E-state index in [4.69, 9.17) is 24.9 Å². The molecule has 0 atom stereocenters. The normalized spacial score (nSPS) is 5.00. The lowest BCUT2D eigenvalue weighted by atomic mass is 11.3. The van der Waals surface area contributed by atoms with Gasteiger partial charge in [-0.2, -0.15) is 0 Å². The molecule has 0 aliphatic carbocycles. The molecule has 0 aromatic heterocycles. The van der Waals surface area contributed by atoms with Crippen molar-refractivity contribution >= 4 is 12.2 Å². The first-order chi connectivity index (χ1) is 5.46. The molecule has 0 fully saturated rings. The number of hydrogen-bond donors (Lipinski definition) is 8. The Morgan fingerprint density at radius 2 is 0.833 bits per heavy atom. The third-order valence-corrected chi connectivity index (χ3v) is 0. The predicted octanol–water partition coefficient (Wildman–Crippen LogP) is -2.52. The molecular formula is C2H13N5O5. The molecule has 0 rings (SSSR count). The number of nitrogens with two attached hydrogens (primary N) is 5. The molecule has 0 heterocycles. The van der Waals surface area contributed by atoms with Crippen LogP contribution in [0.25, 0.3) is 0 Å². The van der Waals surface area contributed by atoms with Gasteiger partial charge in [0, 0.05) is 0 Å². The molecule has 1 amide bonds. The lowest BCUT2D eigenvalue weighted by molar-refractivity contribution is 0.137. The summed E-state index contributed by atoms with van der Waals surface area (Å²) in [6.45, 7) is 0. The van der Waals surface area contributed by atoms with Gasteiger partial charge < -0.3 is 21.1 Å². The predicted molar refractivity (Wildman–Crippen MR) is 39.6 cm³/mol. The van der Waals surface area contributed by atoms with Crippen LogP contribution in [0.4, 0.5) is 9.59 Å². The molecule has 0 aromatic rings. The van der Waals surface area contributed by atoms with Crippen molar-refractivity contribution in [3.8, 4) is 0 Å². The van der Waals surface area contributed by atoms with Crippen LogP contribution >= 0.6 is 0 Å². The van der Waals surface area contributed by atoms with Crippen molar-refractivity contribution in [2.24, 2.45) is 29.1 Å². The summed E-state index contributed by atoms with van der Waals surface area (Å²) in [5.74, 6) is 16.0. The van der Waals surface area contributed by atoms with Gasteiger partial charge in [0.1, 0.15) is 0 Å². The fraction of sp³-hybridized carbons (Fsp3) is 0. The number of hydrazine groups is 2. The Balaban J connectivity index is -0.0000000380. The highest BCUT2D eigenvalue weighted by Crippen LogP contribution is 1.42. The van der Waals surface area contributed by atoms with Gasteiger partial charge in [-0.15, -0.1) is 0 Å². The fourth-order valence-corrected chi connectivity index (χ4v) is 0. The molecular weight excluding hydrogens is 174 g/mol. The molecule has 10 nitrogen and oxygen atoms in total. The van der Waals surface area contributed by atoms with E-state index in [1.807, 2.05) is 0 Å². The molecule has 0 aliphatic rings. The third-order valence-electron chi connectivity index (χ3n) is 0. The van der Waals surface area contributed by atoms with Gasteiger partial charge in [-0.1, -0.05) is 0 Å². The molecule has 0 unspecified atom stereocenters. The van der Waals surface area contributed by atoms with Crippen molar-refractivity contribution in [2.45, 2.75) is 0 Å². The molecule has 0 saturated heterocycles.